The SMILES string of the molecule is CC(C)(C)C(N)=NCCOc1ccccc1. The lowest BCUT2D eigenvalue weighted by Crippen LogP contribution is -2.29. The van der Waals surface area contributed by atoms with Crippen molar-refractivity contribution in [1.29, 1.82) is 0 Å². The number of aliphatic imine (C=N–C) groups is 1. The van der Waals surface area contributed by atoms with Gasteiger partial charge in [-0.15, -0.1) is 0 Å². The molecule has 0 aliphatic carbocycles. The summed E-state index contributed by atoms with van der Waals surface area (Å²) < 4.78 is 5.51. The molecule has 1 aromatic rings. The molecule has 2 N–H and O–H groups in total. The van der Waals surface area contributed by atoms with E-state index in [-0.39, 0.29) is 5.41 Å². The fourth-order valence-electron chi connectivity index (χ4n) is 1.08. The van der Waals surface area contributed by atoms with Gasteiger partial charge in [-0.25, -0.2) is 0 Å². The van der Waals surface area contributed by atoms with Crippen LogP contribution < -0.4 is 10.5 Å². The molecule has 1 rings (SSSR count). The van der Waals surface area contributed by atoms with Crippen LogP contribution in [0, 0.1) is 5.41 Å². The lowest BCUT2D eigenvalue weighted by Gasteiger charge is -2.17. The standard InChI is InChI=1S/C13H20N2O/c1-13(2,3)12(14)15-9-10-16-11-7-5-4-6-8-11/h4-8H,9-10H2,1-3H3,(H2,14,15). The highest BCUT2D eigenvalue weighted by atomic mass is 16.5. The maximum absolute atomic E-state index is 5.82. The summed E-state index contributed by atoms with van der Waals surface area (Å²) in [5, 5.41) is 0. The minimum absolute atomic E-state index is 0.0628. The van der Waals surface area contributed by atoms with Gasteiger partial charge in [0.15, 0.2) is 0 Å². The van der Waals surface area contributed by atoms with E-state index in [1.807, 2.05) is 51.1 Å². The lowest BCUT2D eigenvalue weighted by atomic mass is 9.95. The Morgan fingerprint density at radius 3 is 2.44 bits per heavy atom. The van der Waals surface area contributed by atoms with E-state index >= 15 is 0 Å². The topological polar surface area (TPSA) is 47.6 Å². The highest BCUT2D eigenvalue weighted by Gasteiger charge is 2.14. The van der Waals surface area contributed by atoms with Gasteiger partial charge in [0.2, 0.25) is 0 Å². The molecule has 0 fully saturated rings. The van der Waals surface area contributed by atoms with E-state index in [0.29, 0.717) is 19.0 Å². The Balaban J connectivity index is 2.32. The highest BCUT2D eigenvalue weighted by molar-refractivity contribution is 5.85. The maximum Gasteiger partial charge on any atom is 0.119 e. The van der Waals surface area contributed by atoms with E-state index in [1.165, 1.54) is 0 Å². The van der Waals surface area contributed by atoms with Crippen molar-refractivity contribution in [2.45, 2.75) is 20.8 Å². The largest absolute Gasteiger partial charge is 0.492 e. The van der Waals surface area contributed by atoms with E-state index in [9.17, 15) is 0 Å². The number of hydrogen-bond acceptors (Lipinski definition) is 2. The van der Waals surface area contributed by atoms with Gasteiger partial charge in [-0.2, -0.15) is 0 Å². The van der Waals surface area contributed by atoms with Crippen LogP contribution in [0.4, 0.5) is 0 Å². The summed E-state index contributed by atoms with van der Waals surface area (Å²) in [5.41, 5.74) is 5.76. The van der Waals surface area contributed by atoms with Crippen molar-refractivity contribution >= 4 is 5.84 Å². The van der Waals surface area contributed by atoms with E-state index < -0.39 is 0 Å². The number of rotatable bonds is 4. The first-order valence-corrected chi connectivity index (χ1v) is 5.48. The van der Waals surface area contributed by atoms with Gasteiger partial charge in [0.1, 0.15) is 12.4 Å². The molecule has 0 radical (unpaired) electrons. The Hall–Kier alpha value is -1.51. The monoisotopic (exact) mass is 220 g/mol. The van der Waals surface area contributed by atoms with Crippen LogP contribution in [0.5, 0.6) is 5.75 Å². The average molecular weight is 220 g/mol. The molecule has 0 spiro atoms. The lowest BCUT2D eigenvalue weighted by molar-refractivity contribution is 0.328. The van der Waals surface area contributed by atoms with Crippen molar-refractivity contribution in [3.63, 3.8) is 0 Å². The van der Waals surface area contributed by atoms with Crippen molar-refractivity contribution in [2.75, 3.05) is 13.2 Å². The number of amidine groups is 1. The van der Waals surface area contributed by atoms with Crippen molar-refractivity contribution in [3.8, 4) is 5.75 Å². The zero-order chi connectivity index (χ0) is 12.0. The van der Waals surface area contributed by atoms with Crippen LogP contribution in [-0.2, 0) is 0 Å². The van der Waals surface area contributed by atoms with Crippen LogP contribution in [-0.4, -0.2) is 19.0 Å². The molecule has 0 aromatic heterocycles. The van der Waals surface area contributed by atoms with Gasteiger partial charge in [-0.1, -0.05) is 39.0 Å². The summed E-state index contributed by atoms with van der Waals surface area (Å²) in [4.78, 5) is 4.28. The summed E-state index contributed by atoms with van der Waals surface area (Å²) in [6.07, 6.45) is 0. The van der Waals surface area contributed by atoms with Gasteiger partial charge >= 0.3 is 0 Å². The third-order valence-corrected chi connectivity index (χ3v) is 2.15. The molecule has 0 amide bonds. The zero-order valence-corrected chi connectivity index (χ0v) is 10.2. The number of para-hydroxylation sites is 1. The molecule has 0 aliphatic heterocycles. The summed E-state index contributed by atoms with van der Waals surface area (Å²) in [5.74, 6) is 1.54. The quantitative estimate of drug-likeness (QED) is 0.481. The van der Waals surface area contributed by atoms with Gasteiger partial charge in [0.05, 0.1) is 12.4 Å². The fourth-order valence-corrected chi connectivity index (χ4v) is 1.08. The van der Waals surface area contributed by atoms with Crippen LogP contribution in [0.15, 0.2) is 35.3 Å². The number of benzene rings is 1. The average Bonchev–Trinajstić information content (AvgIpc) is 2.24. The molecule has 0 bridgehead atoms. The molecule has 16 heavy (non-hydrogen) atoms. The second-order valence-corrected chi connectivity index (χ2v) is 4.68. The first-order valence-electron chi connectivity index (χ1n) is 5.48. The summed E-state index contributed by atoms with van der Waals surface area (Å²) in [6.45, 7) is 7.29. The van der Waals surface area contributed by atoms with Crippen LogP contribution in [0.1, 0.15) is 20.8 Å². The first kappa shape index (κ1) is 12.6. The number of nitrogens with two attached hydrogens (primary N) is 1. The molecular formula is C13H20N2O. The van der Waals surface area contributed by atoms with Crippen molar-refractivity contribution in [2.24, 2.45) is 16.1 Å². The molecule has 3 nitrogen and oxygen atoms in total. The Labute approximate surface area is 97.3 Å². The Kier molecular flexibility index (Phi) is 4.35. The summed E-state index contributed by atoms with van der Waals surface area (Å²) >= 11 is 0. The molecule has 1 aromatic carbocycles. The minimum Gasteiger partial charge on any atom is -0.492 e. The van der Waals surface area contributed by atoms with Crippen LogP contribution in [0.2, 0.25) is 0 Å². The normalized spacial score (nSPS) is 12.6. The van der Waals surface area contributed by atoms with Crippen molar-refractivity contribution in [3.05, 3.63) is 30.3 Å². The molecule has 88 valence electrons. The Bertz CT molecular complexity index is 339. The predicted molar refractivity (Wildman–Crippen MR) is 67.9 cm³/mol. The van der Waals surface area contributed by atoms with Gasteiger partial charge in [-0.05, 0) is 12.1 Å². The van der Waals surface area contributed by atoms with Crippen LogP contribution >= 0.6 is 0 Å². The number of ether oxygens (including phenoxy) is 1. The third-order valence-electron chi connectivity index (χ3n) is 2.15. The smallest absolute Gasteiger partial charge is 0.119 e. The van der Waals surface area contributed by atoms with Crippen LogP contribution in [0.25, 0.3) is 0 Å². The first-order chi connectivity index (χ1) is 7.50. The van der Waals surface area contributed by atoms with E-state index in [0.717, 1.165) is 5.75 Å². The van der Waals surface area contributed by atoms with Crippen molar-refractivity contribution < 1.29 is 4.74 Å². The van der Waals surface area contributed by atoms with Crippen molar-refractivity contribution in [1.82, 2.24) is 0 Å². The van der Waals surface area contributed by atoms with Gasteiger partial charge in [0.25, 0.3) is 0 Å². The second kappa shape index (κ2) is 5.54. The van der Waals surface area contributed by atoms with Gasteiger partial charge in [0, 0.05) is 5.41 Å². The number of nitrogens with zero attached hydrogens (tertiary/aromatic N) is 1. The summed E-state index contributed by atoms with van der Waals surface area (Å²) in [6, 6.07) is 9.71. The van der Waals surface area contributed by atoms with Crippen LogP contribution in [0.3, 0.4) is 0 Å². The fraction of sp³-hybridized carbons (Fsp3) is 0.462. The van der Waals surface area contributed by atoms with E-state index in [2.05, 4.69) is 4.99 Å². The minimum atomic E-state index is -0.0628. The second-order valence-electron chi connectivity index (χ2n) is 4.68. The number of hydrogen-bond donors (Lipinski definition) is 1. The molecule has 0 aliphatic rings. The molecule has 0 heterocycles. The van der Waals surface area contributed by atoms with E-state index in [1.54, 1.807) is 0 Å². The third kappa shape index (κ3) is 4.34. The Morgan fingerprint density at radius 1 is 1.25 bits per heavy atom. The predicted octanol–water partition coefficient (Wildman–Crippen LogP) is 2.47. The molecule has 0 atom stereocenters. The molecule has 0 saturated carbocycles. The van der Waals surface area contributed by atoms with Gasteiger partial charge < -0.3 is 10.5 Å². The Morgan fingerprint density at radius 2 is 1.88 bits per heavy atom. The molecule has 0 unspecified atom stereocenters. The zero-order valence-electron chi connectivity index (χ0n) is 10.2. The maximum atomic E-state index is 5.82. The molecule has 3 heteroatoms. The highest BCUT2D eigenvalue weighted by Crippen LogP contribution is 2.12. The molecule has 0 saturated heterocycles. The van der Waals surface area contributed by atoms with Gasteiger partial charge in [-0.3, -0.25) is 4.99 Å². The molecular weight excluding hydrogens is 200 g/mol. The van der Waals surface area contributed by atoms with E-state index in [4.69, 9.17) is 10.5 Å². The summed E-state index contributed by atoms with van der Waals surface area (Å²) in [7, 11) is 0.